The molecule has 0 bridgehead atoms. The first-order valence-electron chi connectivity index (χ1n) is 4.72. The Morgan fingerprint density at radius 3 is 2.94 bits per heavy atom. The Kier molecular flexibility index (Phi) is 4.20. The van der Waals surface area contributed by atoms with Gasteiger partial charge in [0.05, 0.1) is 11.4 Å². The van der Waals surface area contributed by atoms with Crippen LogP contribution in [0.1, 0.15) is 0 Å². The molecule has 0 aliphatic carbocycles. The molecule has 2 aromatic rings. The van der Waals surface area contributed by atoms with Gasteiger partial charge in [0.1, 0.15) is 0 Å². The van der Waals surface area contributed by atoms with Crippen LogP contribution >= 0.6 is 39.0 Å². The third kappa shape index (κ3) is 3.31. The molecular formula is C11H8BrNO2S2. The van der Waals surface area contributed by atoms with Gasteiger partial charge in [-0.05, 0) is 6.07 Å². The van der Waals surface area contributed by atoms with Gasteiger partial charge in [-0.1, -0.05) is 45.9 Å². The molecule has 0 unspecified atom stereocenters. The molecule has 1 heterocycles. The highest BCUT2D eigenvalue weighted by Crippen LogP contribution is 2.32. The Bertz CT molecular complexity index is 542. The molecule has 0 atom stereocenters. The van der Waals surface area contributed by atoms with Crippen molar-refractivity contribution in [3.63, 3.8) is 0 Å². The number of carboxylic acids is 1. The molecule has 17 heavy (non-hydrogen) atoms. The molecule has 0 radical (unpaired) electrons. The number of hydrogen-bond donors (Lipinski definition) is 1. The summed E-state index contributed by atoms with van der Waals surface area (Å²) in [7, 11) is 0. The predicted octanol–water partition coefficient (Wildman–Crippen LogP) is 3.75. The quantitative estimate of drug-likeness (QED) is 0.868. The van der Waals surface area contributed by atoms with E-state index in [1.807, 2.05) is 29.6 Å². The lowest BCUT2D eigenvalue weighted by Crippen LogP contribution is -1.96. The second-order valence-electron chi connectivity index (χ2n) is 3.16. The van der Waals surface area contributed by atoms with Crippen molar-refractivity contribution in [2.24, 2.45) is 0 Å². The minimum atomic E-state index is -0.826. The first-order valence-corrected chi connectivity index (χ1v) is 7.37. The highest BCUT2D eigenvalue weighted by atomic mass is 79.9. The number of thioether (sulfide) groups is 1. The van der Waals surface area contributed by atoms with Crippen molar-refractivity contribution in [1.82, 2.24) is 4.98 Å². The molecule has 1 aromatic carbocycles. The number of aromatic nitrogens is 1. The van der Waals surface area contributed by atoms with Gasteiger partial charge >= 0.3 is 5.97 Å². The topological polar surface area (TPSA) is 50.2 Å². The molecule has 0 spiro atoms. The molecule has 0 aliphatic heterocycles. The molecule has 88 valence electrons. The summed E-state index contributed by atoms with van der Waals surface area (Å²) in [6.07, 6.45) is 0. The van der Waals surface area contributed by atoms with Crippen molar-refractivity contribution in [1.29, 1.82) is 0 Å². The Labute approximate surface area is 115 Å². The number of thiazole rings is 1. The van der Waals surface area contributed by atoms with E-state index in [0.717, 1.165) is 20.1 Å². The summed E-state index contributed by atoms with van der Waals surface area (Å²) >= 11 is 6.17. The van der Waals surface area contributed by atoms with Crippen LogP contribution in [0.5, 0.6) is 0 Å². The smallest absolute Gasteiger partial charge is 0.313 e. The van der Waals surface area contributed by atoms with E-state index in [0.29, 0.717) is 0 Å². The first-order chi connectivity index (χ1) is 8.16. The molecule has 3 nitrogen and oxygen atoms in total. The molecule has 2 rings (SSSR count). The van der Waals surface area contributed by atoms with Gasteiger partial charge < -0.3 is 5.11 Å². The number of carbonyl (C=O) groups is 1. The number of aliphatic carboxylic acids is 1. The summed E-state index contributed by atoms with van der Waals surface area (Å²) in [6, 6.07) is 7.83. The van der Waals surface area contributed by atoms with Gasteiger partial charge in [0, 0.05) is 15.4 Å². The van der Waals surface area contributed by atoms with Crippen LogP contribution < -0.4 is 0 Å². The lowest BCUT2D eigenvalue weighted by molar-refractivity contribution is -0.133. The van der Waals surface area contributed by atoms with E-state index in [4.69, 9.17) is 5.11 Å². The monoisotopic (exact) mass is 329 g/mol. The maximum absolute atomic E-state index is 10.5. The molecular weight excluding hydrogens is 322 g/mol. The minimum absolute atomic E-state index is 0.0446. The molecule has 0 amide bonds. The molecule has 1 N–H and O–H groups in total. The van der Waals surface area contributed by atoms with E-state index in [9.17, 15) is 4.79 Å². The van der Waals surface area contributed by atoms with Crippen molar-refractivity contribution < 1.29 is 9.90 Å². The maximum Gasteiger partial charge on any atom is 0.313 e. The summed E-state index contributed by atoms with van der Waals surface area (Å²) in [4.78, 5) is 14.9. The fraction of sp³-hybridized carbons (Fsp3) is 0.0909. The highest BCUT2D eigenvalue weighted by molar-refractivity contribution is 9.10. The Morgan fingerprint density at radius 1 is 1.47 bits per heavy atom. The molecule has 0 saturated heterocycles. The van der Waals surface area contributed by atoms with Crippen molar-refractivity contribution in [3.8, 4) is 11.3 Å². The van der Waals surface area contributed by atoms with Gasteiger partial charge in [-0.2, -0.15) is 0 Å². The number of hydrogen-bond acceptors (Lipinski definition) is 4. The van der Waals surface area contributed by atoms with Crippen LogP contribution in [0, 0.1) is 0 Å². The van der Waals surface area contributed by atoms with Crippen molar-refractivity contribution in [2.75, 3.05) is 5.75 Å². The highest BCUT2D eigenvalue weighted by Gasteiger charge is 2.08. The van der Waals surface area contributed by atoms with E-state index in [1.165, 1.54) is 23.1 Å². The summed E-state index contributed by atoms with van der Waals surface area (Å²) in [5.74, 6) is -0.782. The summed E-state index contributed by atoms with van der Waals surface area (Å²) < 4.78 is 1.76. The average Bonchev–Trinajstić information content (AvgIpc) is 2.75. The van der Waals surface area contributed by atoms with Crippen molar-refractivity contribution in [3.05, 3.63) is 34.1 Å². The van der Waals surface area contributed by atoms with Gasteiger partial charge in [-0.3, -0.25) is 4.79 Å². The number of benzene rings is 1. The SMILES string of the molecule is O=C(O)CSc1nc(-c2ccccc2Br)cs1. The second-order valence-corrected chi connectivity index (χ2v) is 6.10. The number of rotatable bonds is 4. The number of nitrogens with zero attached hydrogens (tertiary/aromatic N) is 1. The molecule has 6 heteroatoms. The molecule has 1 aromatic heterocycles. The van der Waals surface area contributed by atoms with Gasteiger partial charge in [0.15, 0.2) is 4.34 Å². The molecule has 0 saturated carbocycles. The fourth-order valence-electron chi connectivity index (χ4n) is 1.24. The van der Waals surface area contributed by atoms with E-state index in [2.05, 4.69) is 20.9 Å². The summed E-state index contributed by atoms with van der Waals surface area (Å²) in [6.45, 7) is 0. The minimum Gasteiger partial charge on any atom is -0.481 e. The fourth-order valence-corrected chi connectivity index (χ4v) is 3.27. The predicted molar refractivity (Wildman–Crippen MR) is 73.6 cm³/mol. The number of carboxylic acid groups (broad SMARTS) is 1. The Hall–Kier alpha value is -0.850. The van der Waals surface area contributed by atoms with E-state index in [1.54, 1.807) is 0 Å². The van der Waals surface area contributed by atoms with Crippen LogP contribution in [0.3, 0.4) is 0 Å². The van der Waals surface area contributed by atoms with Crippen LogP contribution in [0.15, 0.2) is 38.5 Å². The zero-order valence-electron chi connectivity index (χ0n) is 8.59. The third-order valence-electron chi connectivity index (χ3n) is 1.95. The standard InChI is InChI=1S/C11H8BrNO2S2/c12-8-4-2-1-3-7(8)9-5-16-11(13-9)17-6-10(14)15/h1-5H,6H2,(H,14,15). The van der Waals surface area contributed by atoms with Crippen LogP contribution in [0.4, 0.5) is 0 Å². The van der Waals surface area contributed by atoms with Crippen LogP contribution in [0.2, 0.25) is 0 Å². The van der Waals surface area contributed by atoms with Crippen molar-refractivity contribution in [2.45, 2.75) is 4.34 Å². The largest absolute Gasteiger partial charge is 0.481 e. The van der Waals surface area contributed by atoms with Crippen LogP contribution in [0.25, 0.3) is 11.3 Å². The zero-order chi connectivity index (χ0) is 12.3. The van der Waals surface area contributed by atoms with Gasteiger partial charge in [-0.25, -0.2) is 4.98 Å². The molecule has 0 aliphatic rings. The van der Waals surface area contributed by atoms with Gasteiger partial charge in [0.25, 0.3) is 0 Å². The average molecular weight is 330 g/mol. The van der Waals surface area contributed by atoms with E-state index in [-0.39, 0.29) is 5.75 Å². The van der Waals surface area contributed by atoms with Gasteiger partial charge in [0.2, 0.25) is 0 Å². The Morgan fingerprint density at radius 2 is 2.24 bits per heavy atom. The third-order valence-corrected chi connectivity index (χ3v) is 4.65. The summed E-state index contributed by atoms with van der Waals surface area (Å²) in [5, 5.41) is 10.5. The lowest BCUT2D eigenvalue weighted by Gasteiger charge is -1.99. The van der Waals surface area contributed by atoms with Crippen LogP contribution in [-0.4, -0.2) is 21.8 Å². The van der Waals surface area contributed by atoms with E-state index >= 15 is 0 Å². The second kappa shape index (κ2) is 5.66. The van der Waals surface area contributed by atoms with Crippen molar-refractivity contribution >= 4 is 45.0 Å². The zero-order valence-corrected chi connectivity index (χ0v) is 11.8. The first kappa shape index (κ1) is 12.6. The normalized spacial score (nSPS) is 10.4. The summed E-state index contributed by atoms with van der Waals surface area (Å²) in [5.41, 5.74) is 1.89. The maximum atomic E-state index is 10.5. The lowest BCUT2D eigenvalue weighted by atomic mass is 10.2. The number of halogens is 1. The van der Waals surface area contributed by atoms with Crippen LogP contribution in [-0.2, 0) is 4.79 Å². The Balaban J connectivity index is 2.18. The van der Waals surface area contributed by atoms with Gasteiger partial charge in [-0.15, -0.1) is 11.3 Å². The van der Waals surface area contributed by atoms with E-state index < -0.39 is 5.97 Å². The molecule has 0 fully saturated rings.